The van der Waals surface area contributed by atoms with Gasteiger partial charge in [0.05, 0.1) is 4.90 Å². The maximum atomic E-state index is 13.5. The molecule has 0 N–H and O–H groups in total. The second-order valence-corrected chi connectivity index (χ2v) is 9.45. The van der Waals surface area contributed by atoms with Gasteiger partial charge in [-0.1, -0.05) is 18.2 Å². The summed E-state index contributed by atoms with van der Waals surface area (Å²) in [5.41, 5.74) is 1.77. The van der Waals surface area contributed by atoms with Crippen molar-refractivity contribution in [3.05, 3.63) is 51.7 Å². The average Bonchev–Trinajstić information content (AvgIpc) is 3.11. The number of hydrogen-bond acceptors (Lipinski definition) is 4. The van der Waals surface area contributed by atoms with E-state index < -0.39 is 10.0 Å². The molecule has 1 fully saturated rings. The van der Waals surface area contributed by atoms with E-state index in [4.69, 9.17) is 4.74 Å². The number of hydrogen-bond donors (Lipinski definition) is 0. The van der Waals surface area contributed by atoms with E-state index in [-0.39, 0.29) is 6.04 Å². The Morgan fingerprint density at radius 2 is 1.96 bits per heavy atom. The quantitative estimate of drug-likeness (QED) is 0.767. The first kappa shape index (κ1) is 18.6. The SMILES string of the molecule is Cc1ccc(C)c(S(=O)(=O)N(CCc2cccs2)C2CCOCC2)c1. The van der Waals surface area contributed by atoms with Gasteiger partial charge in [0.1, 0.15) is 0 Å². The van der Waals surface area contributed by atoms with Crippen LogP contribution in [0.15, 0.2) is 40.6 Å². The number of rotatable bonds is 6. The van der Waals surface area contributed by atoms with Crippen LogP contribution in [0.1, 0.15) is 28.8 Å². The van der Waals surface area contributed by atoms with Gasteiger partial charge in [0, 0.05) is 30.7 Å². The first-order valence-electron chi connectivity index (χ1n) is 8.68. The van der Waals surface area contributed by atoms with Crippen LogP contribution in [0, 0.1) is 13.8 Å². The highest BCUT2D eigenvalue weighted by atomic mass is 32.2. The molecule has 6 heteroatoms. The lowest BCUT2D eigenvalue weighted by Gasteiger charge is -2.33. The first-order chi connectivity index (χ1) is 12.0. The van der Waals surface area contributed by atoms with E-state index in [1.165, 1.54) is 4.88 Å². The fourth-order valence-corrected chi connectivity index (χ4v) is 5.95. The highest BCUT2D eigenvalue weighted by Gasteiger charge is 2.33. The summed E-state index contributed by atoms with van der Waals surface area (Å²) in [4.78, 5) is 1.65. The lowest BCUT2D eigenvalue weighted by atomic mass is 10.1. The molecule has 1 aromatic heterocycles. The summed E-state index contributed by atoms with van der Waals surface area (Å²) < 4.78 is 34.1. The first-order valence-corrected chi connectivity index (χ1v) is 11.0. The molecule has 0 bridgehead atoms. The van der Waals surface area contributed by atoms with Crippen molar-refractivity contribution in [2.24, 2.45) is 0 Å². The molecule has 0 spiro atoms. The van der Waals surface area contributed by atoms with Crippen LogP contribution >= 0.6 is 11.3 Å². The molecule has 2 heterocycles. The molecule has 1 aliphatic heterocycles. The van der Waals surface area contributed by atoms with Gasteiger partial charge in [-0.2, -0.15) is 4.31 Å². The zero-order chi connectivity index (χ0) is 17.9. The van der Waals surface area contributed by atoms with E-state index >= 15 is 0 Å². The number of benzene rings is 1. The Hall–Kier alpha value is -1.21. The van der Waals surface area contributed by atoms with Gasteiger partial charge in [0.15, 0.2) is 0 Å². The van der Waals surface area contributed by atoms with E-state index in [0.29, 0.717) is 24.7 Å². The van der Waals surface area contributed by atoms with Gasteiger partial charge >= 0.3 is 0 Å². The van der Waals surface area contributed by atoms with E-state index in [9.17, 15) is 8.42 Å². The normalized spacial score (nSPS) is 16.4. The van der Waals surface area contributed by atoms with Gasteiger partial charge in [-0.25, -0.2) is 8.42 Å². The van der Waals surface area contributed by atoms with Gasteiger partial charge in [0.25, 0.3) is 0 Å². The van der Waals surface area contributed by atoms with Crippen molar-refractivity contribution in [1.29, 1.82) is 0 Å². The zero-order valence-corrected chi connectivity index (χ0v) is 16.4. The molecular formula is C19H25NO3S2. The number of nitrogens with zero attached hydrogens (tertiary/aromatic N) is 1. The molecule has 25 heavy (non-hydrogen) atoms. The van der Waals surface area contributed by atoms with E-state index in [2.05, 4.69) is 6.07 Å². The number of aryl methyl sites for hydroxylation is 2. The van der Waals surface area contributed by atoms with Crippen molar-refractivity contribution in [3.63, 3.8) is 0 Å². The maximum Gasteiger partial charge on any atom is 0.243 e. The molecule has 1 saturated heterocycles. The second-order valence-electron chi connectivity index (χ2n) is 6.56. The molecule has 0 amide bonds. The predicted molar refractivity (Wildman–Crippen MR) is 102 cm³/mol. The van der Waals surface area contributed by atoms with Crippen LogP contribution in [0.5, 0.6) is 0 Å². The molecule has 0 atom stereocenters. The summed E-state index contributed by atoms with van der Waals surface area (Å²) in [5.74, 6) is 0. The maximum absolute atomic E-state index is 13.5. The smallest absolute Gasteiger partial charge is 0.243 e. The van der Waals surface area contributed by atoms with E-state index in [0.717, 1.165) is 30.4 Å². The topological polar surface area (TPSA) is 46.6 Å². The van der Waals surface area contributed by atoms with Crippen LogP contribution < -0.4 is 0 Å². The molecule has 0 aliphatic carbocycles. The van der Waals surface area contributed by atoms with Crippen LogP contribution in [-0.4, -0.2) is 38.5 Å². The van der Waals surface area contributed by atoms with E-state index in [1.54, 1.807) is 21.7 Å². The third kappa shape index (κ3) is 4.31. The van der Waals surface area contributed by atoms with Crippen LogP contribution in [-0.2, 0) is 21.2 Å². The van der Waals surface area contributed by atoms with Gasteiger partial charge in [-0.05, 0) is 61.7 Å². The van der Waals surface area contributed by atoms with Crippen LogP contribution in [0.4, 0.5) is 0 Å². The molecule has 0 saturated carbocycles. The number of ether oxygens (including phenoxy) is 1. The standard InChI is InChI=1S/C19H25NO3S2/c1-15-5-6-16(2)19(14-15)25(21,22)20(17-8-11-23-12-9-17)10-7-18-4-3-13-24-18/h3-6,13-14,17H,7-12H2,1-2H3. The lowest BCUT2D eigenvalue weighted by Crippen LogP contribution is -2.44. The Kier molecular flexibility index (Phi) is 5.94. The van der Waals surface area contributed by atoms with Gasteiger partial charge in [0.2, 0.25) is 10.0 Å². The summed E-state index contributed by atoms with van der Waals surface area (Å²) in [5, 5.41) is 2.04. The Morgan fingerprint density at radius 3 is 2.64 bits per heavy atom. The molecule has 2 aromatic rings. The van der Waals surface area contributed by atoms with Crippen molar-refractivity contribution in [2.75, 3.05) is 19.8 Å². The molecule has 0 unspecified atom stereocenters. The largest absolute Gasteiger partial charge is 0.381 e. The summed E-state index contributed by atoms with van der Waals surface area (Å²) in [7, 11) is -3.52. The van der Waals surface area contributed by atoms with Gasteiger partial charge < -0.3 is 4.74 Å². The average molecular weight is 380 g/mol. The van der Waals surface area contributed by atoms with Gasteiger partial charge in [-0.3, -0.25) is 0 Å². The molecule has 0 radical (unpaired) electrons. The van der Waals surface area contributed by atoms with Crippen molar-refractivity contribution in [2.45, 2.75) is 44.0 Å². The Labute approximate surface area is 154 Å². The molecule has 1 aliphatic rings. The molecule has 3 rings (SSSR count). The van der Waals surface area contributed by atoms with Crippen molar-refractivity contribution >= 4 is 21.4 Å². The number of thiophene rings is 1. The number of sulfonamides is 1. The fourth-order valence-electron chi connectivity index (χ4n) is 3.26. The third-order valence-electron chi connectivity index (χ3n) is 4.69. The highest BCUT2D eigenvalue weighted by Crippen LogP contribution is 2.27. The van der Waals surface area contributed by atoms with Crippen LogP contribution in [0.3, 0.4) is 0 Å². The van der Waals surface area contributed by atoms with Crippen LogP contribution in [0.25, 0.3) is 0 Å². The minimum Gasteiger partial charge on any atom is -0.381 e. The minimum absolute atomic E-state index is 0.0126. The summed E-state index contributed by atoms with van der Waals surface area (Å²) in [6.07, 6.45) is 2.27. The van der Waals surface area contributed by atoms with Crippen LogP contribution in [0.2, 0.25) is 0 Å². The lowest BCUT2D eigenvalue weighted by molar-refractivity contribution is 0.0587. The second kappa shape index (κ2) is 7.99. The monoisotopic (exact) mass is 379 g/mol. The van der Waals surface area contributed by atoms with Crippen molar-refractivity contribution in [3.8, 4) is 0 Å². The third-order valence-corrected chi connectivity index (χ3v) is 7.72. The molecule has 1 aromatic carbocycles. The minimum atomic E-state index is -3.52. The van der Waals surface area contributed by atoms with Gasteiger partial charge in [-0.15, -0.1) is 11.3 Å². The zero-order valence-electron chi connectivity index (χ0n) is 14.8. The molecule has 4 nitrogen and oxygen atoms in total. The Balaban J connectivity index is 1.92. The molecular weight excluding hydrogens is 354 g/mol. The van der Waals surface area contributed by atoms with Crippen molar-refractivity contribution < 1.29 is 13.2 Å². The highest BCUT2D eigenvalue weighted by molar-refractivity contribution is 7.89. The summed E-state index contributed by atoms with van der Waals surface area (Å²) in [6, 6.07) is 9.73. The summed E-state index contributed by atoms with van der Waals surface area (Å²) in [6.45, 7) is 5.57. The van der Waals surface area contributed by atoms with E-state index in [1.807, 2.05) is 37.4 Å². The Bertz CT molecular complexity index is 794. The Morgan fingerprint density at radius 1 is 1.20 bits per heavy atom. The molecule has 136 valence electrons. The predicted octanol–water partition coefficient (Wildman–Crippen LogP) is 3.78. The van der Waals surface area contributed by atoms with Crippen molar-refractivity contribution in [1.82, 2.24) is 4.31 Å². The summed E-state index contributed by atoms with van der Waals surface area (Å²) >= 11 is 1.68. The fraction of sp³-hybridized carbons (Fsp3) is 0.474.